The Bertz CT molecular complexity index is 639. The van der Waals surface area contributed by atoms with Crippen LogP contribution in [0.15, 0.2) is 28.8 Å². The second-order valence-electron chi connectivity index (χ2n) is 6.69. The van der Waals surface area contributed by atoms with Gasteiger partial charge in [-0.3, -0.25) is 0 Å². The van der Waals surface area contributed by atoms with Crippen molar-refractivity contribution in [3.63, 3.8) is 0 Å². The number of piperidine rings is 1. The van der Waals surface area contributed by atoms with Crippen molar-refractivity contribution < 1.29 is 4.52 Å². The largest absolute Gasteiger partial charge is 0.339 e. The molecule has 0 unspecified atom stereocenters. The first kappa shape index (κ1) is 13.9. The van der Waals surface area contributed by atoms with E-state index in [0.717, 1.165) is 37.0 Å². The van der Waals surface area contributed by atoms with E-state index < -0.39 is 0 Å². The van der Waals surface area contributed by atoms with Crippen molar-refractivity contribution in [3.8, 4) is 0 Å². The van der Waals surface area contributed by atoms with Gasteiger partial charge in [0.05, 0.1) is 0 Å². The summed E-state index contributed by atoms with van der Waals surface area (Å²) in [5, 5.41) is 4.19. The fourth-order valence-corrected chi connectivity index (χ4v) is 3.44. The molecule has 1 aliphatic heterocycles. The second kappa shape index (κ2) is 5.84. The van der Waals surface area contributed by atoms with Crippen LogP contribution in [0.5, 0.6) is 0 Å². The molecule has 0 spiro atoms. The smallest absolute Gasteiger partial charge is 0.229 e. The van der Waals surface area contributed by atoms with Crippen LogP contribution in [0.25, 0.3) is 0 Å². The van der Waals surface area contributed by atoms with Gasteiger partial charge in [0.2, 0.25) is 5.89 Å². The number of hydrogen-bond acceptors (Lipinski definition) is 4. The molecule has 1 aromatic carbocycles. The monoisotopic (exact) mass is 297 g/mol. The lowest BCUT2D eigenvalue weighted by Gasteiger charge is -2.30. The van der Waals surface area contributed by atoms with Crippen LogP contribution in [0, 0.1) is 6.92 Å². The number of likely N-dealkylation sites (tertiary alicyclic amines) is 1. The topological polar surface area (TPSA) is 42.2 Å². The highest BCUT2D eigenvalue weighted by atomic mass is 16.5. The van der Waals surface area contributed by atoms with Gasteiger partial charge in [0, 0.05) is 18.4 Å². The van der Waals surface area contributed by atoms with E-state index in [2.05, 4.69) is 46.2 Å². The Kier molecular flexibility index (Phi) is 3.70. The predicted molar refractivity (Wildman–Crippen MR) is 84.9 cm³/mol. The minimum absolute atomic E-state index is 0.452. The molecule has 1 saturated heterocycles. The van der Waals surface area contributed by atoms with Gasteiger partial charge in [-0.1, -0.05) is 29.4 Å². The predicted octanol–water partition coefficient (Wildman–Crippen LogP) is 3.31. The molecule has 116 valence electrons. The quantitative estimate of drug-likeness (QED) is 0.868. The van der Waals surface area contributed by atoms with Gasteiger partial charge in [0.1, 0.15) is 0 Å². The van der Waals surface area contributed by atoms with Crippen LogP contribution < -0.4 is 0 Å². The van der Waals surface area contributed by atoms with E-state index >= 15 is 0 Å². The van der Waals surface area contributed by atoms with E-state index in [1.807, 2.05) is 0 Å². The zero-order valence-electron chi connectivity index (χ0n) is 13.2. The molecule has 1 aliphatic carbocycles. The number of aromatic nitrogens is 2. The number of nitrogens with zero attached hydrogens (tertiary/aromatic N) is 3. The second-order valence-corrected chi connectivity index (χ2v) is 6.69. The summed E-state index contributed by atoms with van der Waals surface area (Å²) in [5.74, 6) is 2.11. The fraction of sp³-hybridized carbons (Fsp3) is 0.556. The van der Waals surface area contributed by atoms with Gasteiger partial charge in [-0.25, -0.2) is 0 Å². The Labute approximate surface area is 131 Å². The van der Waals surface area contributed by atoms with Crippen molar-refractivity contribution in [1.82, 2.24) is 15.0 Å². The first-order valence-electron chi connectivity index (χ1n) is 8.40. The van der Waals surface area contributed by atoms with Gasteiger partial charge in [-0.05, 0) is 56.8 Å². The summed E-state index contributed by atoms with van der Waals surface area (Å²) in [4.78, 5) is 7.29. The summed E-state index contributed by atoms with van der Waals surface area (Å²) in [7, 11) is 0. The van der Waals surface area contributed by atoms with Crippen LogP contribution in [0.4, 0.5) is 0 Å². The molecule has 4 rings (SSSR count). The Hall–Kier alpha value is -1.68. The molecule has 0 bridgehead atoms. The lowest BCUT2D eigenvalue weighted by molar-refractivity contribution is 0.186. The van der Waals surface area contributed by atoms with Crippen molar-refractivity contribution in [3.05, 3.63) is 47.1 Å². The molecule has 2 aliphatic rings. The first-order chi connectivity index (χ1) is 10.8. The van der Waals surface area contributed by atoms with Crippen molar-refractivity contribution in [1.29, 1.82) is 0 Å². The highest BCUT2D eigenvalue weighted by Crippen LogP contribution is 2.34. The van der Waals surface area contributed by atoms with Gasteiger partial charge in [-0.15, -0.1) is 0 Å². The average Bonchev–Trinajstić information content (AvgIpc) is 3.30. The molecule has 1 saturated carbocycles. The minimum Gasteiger partial charge on any atom is -0.339 e. The molecule has 22 heavy (non-hydrogen) atoms. The molecule has 1 aromatic heterocycles. The van der Waals surface area contributed by atoms with Gasteiger partial charge in [0.15, 0.2) is 5.82 Å². The Balaban J connectivity index is 1.40. The van der Waals surface area contributed by atoms with E-state index in [0.29, 0.717) is 5.92 Å². The van der Waals surface area contributed by atoms with Crippen molar-refractivity contribution in [2.45, 2.75) is 51.0 Å². The summed E-state index contributed by atoms with van der Waals surface area (Å²) in [5.41, 5.74) is 2.56. The van der Waals surface area contributed by atoms with E-state index in [9.17, 15) is 0 Å². The molecule has 2 fully saturated rings. The molecular weight excluding hydrogens is 274 g/mol. The van der Waals surface area contributed by atoms with Crippen LogP contribution in [0.2, 0.25) is 0 Å². The van der Waals surface area contributed by atoms with E-state index in [4.69, 9.17) is 4.52 Å². The third-order valence-electron chi connectivity index (χ3n) is 5.04. The van der Waals surface area contributed by atoms with Gasteiger partial charge in [0.25, 0.3) is 0 Å². The van der Waals surface area contributed by atoms with Crippen molar-refractivity contribution in [2.75, 3.05) is 13.1 Å². The van der Waals surface area contributed by atoms with Gasteiger partial charge in [-0.2, -0.15) is 4.98 Å². The van der Waals surface area contributed by atoms with Crippen LogP contribution >= 0.6 is 0 Å². The molecule has 4 heteroatoms. The maximum absolute atomic E-state index is 5.55. The SMILES string of the molecule is Cc1ccccc1Cc1noc(C2CCN(C3CC3)CC2)n1. The first-order valence-corrected chi connectivity index (χ1v) is 8.40. The average molecular weight is 297 g/mol. The van der Waals surface area contributed by atoms with E-state index in [1.165, 1.54) is 37.1 Å². The molecule has 0 amide bonds. The van der Waals surface area contributed by atoms with Crippen LogP contribution in [-0.2, 0) is 6.42 Å². The third-order valence-corrected chi connectivity index (χ3v) is 5.04. The summed E-state index contributed by atoms with van der Waals surface area (Å²) < 4.78 is 5.55. The maximum Gasteiger partial charge on any atom is 0.229 e. The molecule has 2 aromatic rings. The van der Waals surface area contributed by atoms with Crippen molar-refractivity contribution >= 4 is 0 Å². The number of hydrogen-bond donors (Lipinski definition) is 0. The number of benzene rings is 1. The molecule has 4 nitrogen and oxygen atoms in total. The lowest BCUT2D eigenvalue weighted by atomic mass is 9.96. The lowest BCUT2D eigenvalue weighted by Crippen LogP contribution is -2.34. The Morgan fingerprint density at radius 1 is 1.14 bits per heavy atom. The summed E-state index contributed by atoms with van der Waals surface area (Å²) >= 11 is 0. The summed E-state index contributed by atoms with van der Waals surface area (Å²) in [6.45, 7) is 4.50. The molecular formula is C18H23N3O. The Morgan fingerprint density at radius 2 is 1.91 bits per heavy atom. The van der Waals surface area contributed by atoms with E-state index in [1.54, 1.807) is 0 Å². The van der Waals surface area contributed by atoms with Crippen molar-refractivity contribution in [2.24, 2.45) is 0 Å². The normalized spacial score (nSPS) is 20.4. The standard InChI is InChI=1S/C18H23N3O/c1-13-4-2-3-5-15(13)12-17-19-18(22-20-17)14-8-10-21(11-9-14)16-6-7-16/h2-5,14,16H,6-12H2,1H3. The van der Waals surface area contributed by atoms with Crippen LogP contribution in [0.3, 0.4) is 0 Å². The van der Waals surface area contributed by atoms with Gasteiger partial charge >= 0.3 is 0 Å². The highest BCUT2D eigenvalue weighted by molar-refractivity contribution is 5.28. The molecule has 2 heterocycles. The zero-order valence-corrected chi connectivity index (χ0v) is 13.2. The number of rotatable bonds is 4. The molecule has 0 radical (unpaired) electrons. The maximum atomic E-state index is 5.55. The minimum atomic E-state index is 0.452. The summed E-state index contributed by atoms with van der Waals surface area (Å²) in [6.07, 6.45) is 5.86. The molecule has 0 atom stereocenters. The highest BCUT2D eigenvalue weighted by Gasteiger charge is 2.33. The number of aryl methyl sites for hydroxylation is 1. The summed E-state index contributed by atoms with van der Waals surface area (Å²) in [6, 6.07) is 9.27. The van der Waals surface area contributed by atoms with Crippen LogP contribution in [0.1, 0.15) is 54.4 Å². The Morgan fingerprint density at radius 3 is 2.64 bits per heavy atom. The van der Waals surface area contributed by atoms with Crippen LogP contribution in [-0.4, -0.2) is 34.2 Å². The fourth-order valence-electron chi connectivity index (χ4n) is 3.44. The zero-order chi connectivity index (χ0) is 14.9. The third kappa shape index (κ3) is 2.93. The van der Waals surface area contributed by atoms with Gasteiger partial charge < -0.3 is 9.42 Å². The van der Waals surface area contributed by atoms with E-state index in [-0.39, 0.29) is 0 Å². The molecule has 0 N–H and O–H groups in total.